The van der Waals surface area contributed by atoms with Crippen molar-refractivity contribution in [3.8, 4) is 5.75 Å². The first kappa shape index (κ1) is 19.9. The maximum atomic E-state index is 13.6. The molecule has 0 unspecified atom stereocenters. The van der Waals surface area contributed by atoms with Crippen molar-refractivity contribution in [3.63, 3.8) is 0 Å². The highest BCUT2D eigenvalue weighted by Gasteiger charge is 2.23. The molecule has 3 rings (SSSR count). The number of anilines is 2. The van der Waals surface area contributed by atoms with Crippen molar-refractivity contribution >= 4 is 34.8 Å². The van der Waals surface area contributed by atoms with Gasteiger partial charge in [-0.05, 0) is 24.3 Å². The van der Waals surface area contributed by atoms with Gasteiger partial charge in [-0.25, -0.2) is 4.39 Å². The largest absolute Gasteiger partial charge is 0.481 e. The topological polar surface area (TPSA) is 61.9 Å². The van der Waals surface area contributed by atoms with Gasteiger partial charge in [-0.2, -0.15) is 0 Å². The van der Waals surface area contributed by atoms with Crippen molar-refractivity contribution < 1.29 is 18.7 Å². The van der Waals surface area contributed by atoms with E-state index in [0.717, 1.165) is 0 Å². The molecule has 0 spiro atoms. The number of piperazine rings is 1. The molecule has 2 aromatic carbocycles. The number of benzene rings is 2. The van der Waals surface area contributed by atoms with Crippen molar-refractivity contribution in [2.24, 2.45) is 0 Å². The smallest absolute Gasteiger partial charge is 0.262 e. The molecule has 0 aliphatic carbocycles. The van der Waals surface area contributed by atoms with Crippen LogP contribution in [0.15, 0.2) is 42.5 Å². The van der Waals surface area contributed by atoms with Crippen LogP contribution in [0.5, 0.6) is 5.75 Å². The Bertz CT molecular complexity index is 870. The summed E-state index contributed by atoms with van der Waals surface area (Å²) in [5, 5.41) is 3.28. The van der Waals surface area contributed by atoms with Gasteiger partial charge >= 0.3 is 0 Å². The van der Waals surface area contributed by atoms with Crippen LogP contribution in [0.25, 0.3) is 0 Å². The molecule has 1 aliphatic rings. The minimum absolute atomic E-state index is 0.0179. The molecule has 0 atom stereocenters. The molecule has 0 aromatic heterocycles. The highest BCUT2D eigenvalue weighted by Crippen LogP contribution is 2.34. The van der Waals surface area contributed by atoms with Crippen molar-refractivity contribution in [1.82, 2.24) is 4.90 Å². The molecular formula is C20H21ClFN3O3. The Hall–Kier alpha value is -2.80. The van der Waals surface area contributed by atoms with Gasteiger partial charge in [-0.1, -0.05) is 29.8 Å². The van der Waals surface area contributed by atoms with Gasteiger partial charge in [0, 0.05) is 33.1 Å². The lowest BCUT2D eigenvalue weighted by molar-refractivity contribution is -0.129. The number of amides is 2. The third-order valence-electron chi connectivity index (χ3n) is 4.50. The summed E-state index contributed by atoms with van der Waals surface area (Å²) in [5.74, 6) is -0.891. The summed E-state index contributed by atoms with van der Waals surface area (Å²) < 4.78 is 18.9. The van der Waals surface area contributed by atoms with Crippen LogP contribution in [0.4, 0.5) is 15.8 Å². The summed E-state index contributed by atoms with van der Waals surface area (Å²) in [6.07, 6.45) is 0. The SMILES string of the molecule is CC(=O)N1CCN(c2c(Cl)cccc2NC(=O)COc2ccccc2F)CC1. The molecule has 8 heteroatoms. The van der Waals surface area contributed by atoms with Gasteiger partial charge in [-0.15, -0.1) is 0 Å². The predicted molar refractivity (Wildman–Crippen MR) is 106 cm³/mol. The Morgan fingerprint density at radius 2 is 1.82 bits per heavy atom. The predicted octanol–water partition coefficient (Wildman–Crippen LogP) is 3.17. The fraction of sp³-hybridized carbons (Fsp3) is 0.300. The molecule has 2 amide bonds. The molecular weight excluding hydrogens is 385 g/mol. The molecule has 1 fully saturated rings. The molecule has 1 saturated heterocycles. The van der Waals surface area contributed by atoms with E-state index in [1.165, 1.54) is 12.1 Å². The Balaban J connectivity index is 1.67. The Morgan fingerprint density at radius 1 is 1.11 bits per heavy atom. The number of para-hydroxylation sites is 2. The molecule has 2 aromatic rings. The van der Waals surface area contributed by atoms with Crippen molar-refractivity contribution in [2.75, 3.05) is 43.0 Å². The number of carbonyl (C=O) groups excluding carboxylic acids is 2. The quantitative estimate of drug-likeness (QED) is 0.830. The van der Waals surface area contributed by atoms with E-state index >= 15 is 0 Å². The van der Waals surface area contributed by atoms with E-state index in [1.807, 2.05) is 4.90 Å². The maximum Gasteiger partial charge on any atom is 0.262 e. The monoisotopic (exact) mass is 405 g/mol. The number of rotatable bonds is 5. The Morgan fingerprint density at radius 3 is 2.50 bits per heavy atom. The zero-order valence-corrected chi connectivity index (χ0v) is 16.2. The summed E-state index contributed by atoms with van der Waals surface area (Å²) >= 11 is 6.38. The van der Waals surface area contributed by atoms with Crippen molar-refractivity contribution in [1.29, 1.82) is 0 Å². The summed E-state index contributed by atoms with van der Waals surface area (Å²) in [7, 11) is 0. The molecule has 1 aliphatic heterocycles. The number of nitrogens with zero attached hydrogens (tertiary/aromatic N) is 2. The van der Waals surface area contributed by atoms with E-state index < -0.39 is 11.7 Å². The first-order valence-electron chi connectivity index (χ1n) is 8.92. The van der Waals surface area contributed by atoms with Crippen LogP contribution >= 0.6 is 11.6 Å². The lowest BCUT2D eigenvalue weighted by atomic mass is 10.2. The van der Waals surface area contributed by atoms with Crippen molar-refractivity contribution in [2.45, 2.75) is 6.92 Å². The third kappa shape index (κ3) is 4.72. The van der Waals surface area contributed by atoms with E-state index in [-0.39, 0.29) is 18.3 Å². The molecule has 6 nitrogen and oxygen atoms in total. The van der Waals surface area contributed by atoms with Crippen LogP contribution in [0.3, 0.4) is 0 Å². The second-order valence-electron chi connectivity index (χ2n) is 6.40. The summed E-state index contributed by atoms with van der Waals surface area (Å²) in [6, 6.07) is 11.1. The first-order valence-corrected chi connectivity index (χ1v) is 9.29. The van der Waals surface area contributed by atoms with Gasteiger partial charge in [0.25, 0.3) is 5.91 Å². The van der Waals surface area contributed by atoms with Crippen LogP contribution in [-0.4, -0.2) is 49.5 Å². The van der Waals surface area contributed by atoms with Gasteiger partial charge in [0.05, 0.1) is 16.4 Å². The summed E-state index contributed by atoms with van der Waals surface area (Å²) in [4.78, 5) is 27.6. The molecule has 0 radical (unpaired) electrons. The van der Waals surface area contributed by atoms with E-state index in [9.17, 15) is 14.0 Å². The molecule has 1 heterocycles. The number of ether oxygens (including phenoxy) is 1. The molecule has 148 valence electrons. The van der Waals surface area contributed by atoms with Crippen LogP contribution in [0.1, 0.15) is 6.92 Å². The first-order chi connectivity index (χ1) is 13.5. The average molecular weight is 406 g/mol. The minimum atomic E-state index is -0.526. The fourth-order valence-corrected chi connectivity index (χ4v) is 3.37. The van der Waals surface area contributed by atoms with Crippen LogP contribution < -0.4 is 15.0 Å². The fourth-order valence-electron chi connectivity index (χ4n) is 3.07. The maximum absolute atomic E-state index is 13.6. The van der Waals surface area contributed by atoms with E-state index in [0.29, 0.717) is 42.6 Å². The number of hydrogen-bond donors (Lipinski definition) is 1. The van der Waals surface area contributed by atoms with Crippen LogP contribution in [-0.2, 0) is 9.59 Å². The molecule has 28 heavy (non-hydrogen) atoms. The Labute approximate surface area is 167 Å². The van der Waals surface area contributed by atoms with E-state index in [1.54, 1.807) is 42.2 Å². The van der Waals surface area contributed by atoms with E-state index in [4.69, 9.17) is 16.3 Å². The second kappa shape index (κ2) is 8.93. The molecule has 1 N–H and O–H groups in total. The average Bonchev–Trinajstić information content (AvgIpc) is 2.68. The minimum Gasteiger partial charge on any atom is -0.481 e. The van der Waals surface area contributed by atoms with Crippen LogP contribution in [0, 0.1) is 5.82 Å². The lowest BCUT2D eigenvalue weighted by Crippen LogP contribution is -2.48. The number of carbonyl (C=O) groups is 2. The summed E-state index contributed by atoms with van der Waals surface area (Å²) in [6.45, 7) is 3.61. The van der Waals surface area contributed by atoms with Gasteiger partial charge in [0.1, 0.15) is 0 Å². The van der Waals surface area contributed by atoms with Crippen molar-refractivity contribution in [3.05, 3.63) is 53.3 Å². The molecule has 0 saturated carbocycles. The van der Waals surface area contributed by atoms with Gasteiger partial charge in [-0.3, -0.25) is 9.59 Å². The zero-order chi connectivity index (χ0) is 20.1. The Kier molecular flexibility index (Phi) is 6.36. The summed E-state index contributed by atoms with van der Waals surface area (Å²) in [5.41, 5.74) is 1.25. The molecule has 0 bridgehead atoms. The normalized spacial score (nSPS) is 14.0. The standard InChI is InChI=1S/C20H21ClFN3O3/c1-14(26)24-9-11-25(12-10-24)20-15(21)5-4-7-17(20)23-19(27)13-28-18-8-3-2-6-16(18)22/h2-8H,9-13H2,1H3,(H,23,27). The number of halogens is 2. The van der Waals surface area contributed by atoms with Gasteiger partial charge in [0.2, 0.25) is 5.91 Å². The number of hydrogen-bond acceptors (Lipinski definition) is 4. The second-order valence-corrected chi connectivity index (χ2v) is 6.80. The third-order valence-corrected chi connectivity index (χ3v) is 4.80. The van der Waals surface area contributed by atoms with Crippen LogP contribution in [0.2, 0.25) is 5.02 Å². The zero-order valence-electron chi connectivity index (χ0n) is 15.5. The van der Waals surface area contributed by atoms with Gasteiger partial charge < -0.3 is 19.9 Å². The van der Waals surface area contributed by atoms with Gasteiger partial charge in [0.15, 0.2) is 18.2 Å². The number of nitrogens with one attached hydrogen (secondary N) is 1. The van der Waals surface area contributed by atoms with E-state index in [2.05, 4.69) is 5.32 Å². The highest BCUT2D eigenvalue weighted by atomic mass is 35.5. The highest BCUT2D eigenvalue weighted by molar-refractivity contribution is 6.34. The lowest BCUT2D eigenvalue weighted by Gasteiger charge is -2.36.